The zero-order valence-electron chi connectivity index (χ0n) is 14.7. The minimum atomic E-state index is -4.45. The van der Waals surface area contributed by atoms with Crippen molar-refractivity contribution in [1.29, 1.82) is 0 Å². The van der Waals surface area contributed by atoms with Crippen LogP contribution in [-0.2, 0) is 11.0 Å². The Bertz CT molecular complexity index is 1030. The smallest absolute Gasteiger partial charge is 0.369 e. The first-order chi connectivity index (χ1) is 13.3. The molecule has 10 heteroatoms. The predicted octanol–water partition coefficient (Wildman–Crippen LogP) is 2.51. The Morgan fingerprint density at radius 2 is 2.04 bits per heavy atom. The summed E-state index contributed by atoms with van der Waals surface area (Å²) in [7, 11) is 0. The second kappa shape index (κ2) is 6.77. The van der Waals surface area contributed by atoms with Crippen LogP contribution in [0.5, 0.6) is 0 Å². The number of carbonyl (C=O) groups excluding carboxylic acids is 1. The van der Waals surface area contributed by atoms with Gasteiger partial charge in [0.25, 0.3) is 0 Å². The second-order valence-corrected chi connectivity index (χ2v) is 6.72. The van der Waals surface area contributed by atoms with Gasteiger partial charge in [-0.25, -0.2) is 15.0 Å². The summed E-state index contributed by atoms with van der Waals surface area (Å²) in [5.41, 5.74) is 5.90. The van der Waals surface area contributed by atoms with Gasteiger partial charge in [0.15, 0.2) is 0 Å². The fraction of sp³-hybridized carbons (Fsp3) is 0.333. The predicted molar refractivity (Wildman–Crippen MR) is 95.4 cm³/mol. The molecule has 1 aliphatic heterocycles. The van der Waals surface area contributed by atoms with Gasteiger partial charge in [0, 0.05) is 25.5 Å². The molecule has 1 saturated heterocycles. The number of alkyl halides is 3. The van der Waals surface area contributed by atoms with Crippen molar-refractivity contribution in [3.63, 3.8) is 0 Å². The molecule has 3 aromatic heterocycles. The summed E-state index contributed by atoms with van der Waals surface area (Å²) in [6.45, 7) is 1.10. The number of rotatable bonds is 3. The topological polar surface area (TPSA) is 89.4 Å². The molecule has 0 aliphatic carbocycles. The summed E-state index contributed by atoms with van der Waals surface area (Å²) in [5.74, 6) is -0.223. The summed E-state index contributed by atoms with van der Waals surface area (Å²) in [6.07, 6.45) is 1.07. The van der Waals surface area contributed by atoms with E-state index in [0.717, 1.165) is 25.1 Å². The minimum Gasteiger partial charge on any atom is -0.369 e. The fourth-order valence-electron chi connectivity index (χ4n) is 3.37. The number of amides is 1. The molecular weight excluding hydrogens is 373 g/mol. The van der Waals surface area contributed by atoms with Crippen LogP contribution >= 0.6 is 0 Å². The highest BCUT2D eigenvalue weighted by atomic mass is 19.4. The zero-order chi connectivity index (χ0) is 19.9. The van der Waals surface area contributed by atoms with Gasteiger partial charge in [-0.3, -0.25) is 9.20 Å². The average molecular weight is 390 g/mol. The maximum absolute atomic E-state index is 13.1. The lowest BCUT2D eigenvalue weighted by Gasteiger charge is -2.31. The number of halogens is 3. The molecule has 0 saturated carbocycles. The standard InChI is InChI=1S/C18H17F3N6O/c19-18(20,21)12-3-4-15-24-8-14(27(15)10-12)13-5-6-23-17(25-13)26-7-1-2-11(9-26)16(22)28/h3-6,8,10-11H,1-2,7,9H2,(H2,22,28). The number of nitrogens with zero attached hydrogens (tertiary/aromatic N) is 5. The monoisotopic (exact) mass is 390 g/mol. The largest absolute Gasteiger partial charge is 0.417 e. The van der Waals surface area contributed by atoms with Crippen LogP contribution in [0.3, 0.4) is 0 Å². The lowest BCUT2D eigenvalue weighted by molar-refractivity contribution is -0.137. The Hall–Kier alpha value is -3.17. The summed E-state index contributed by atoms with van der Waals surface area (Å²) in [5, 5.41) is 0. The van der Waals surface area contributed by atoms with E-state index in [-0.39, 0.29) is 11.8 Å². The number of aromatic nitrogens is 4. The van der Waals surface area contributed by atoms with Crippen LogP contribution in [0.2, 0.25) is 0 Å². The van der Waals surface area contributed by atoms with Crippen molar-refractivity contribution in [2.75, 3.05) is 18.0 Å². The van der Waals surface area contributed by atoms with Gasteiger partial charge in [0.05, 0.1) is 29.1 Å². The molecule has 1 amide bonds. The SMILES string of the molecule is NC(=O)C1CCCN(c2nccc(-c3cnc4ccc(C(F)(F)F)cn34)n2)C1. The van der Waals surface area contributed by atoms with Crippen LogP contribution in [0, 0.1) is 5.92 Å². The highest BCUT2D eigenvalue weighted by molar-refractivity contribution is 5.77. The van der Waals surface area contributed by atoms with E-state index >= 15 is 0 Å². The number of hydrogen-bond acceptors (Lipinski definition) is 5. The van der Waals surface area contributed by atoms with E-state index in [4.69, 9.17) is 5.73 Å². The van der Waals surface area contributed by atoms with Crippen molar-refractivity contribution < 1.29 is 18.0 Å². The van der Waals surface area contributed by atoms with Crippen LogP contribution in [0.25, 0.3) is 17.0 Å². The average Bonchev–Trinajstić information content (AvgIpc) is 3.11. The maximum Gasteiger partial charge on any atom is 0.417 e. The number of piperidine rings is 1. The van der Waals surface area contributed by atoms with Crippen molar-refractivity contribution in [3.8, 4) is 11.4 Å². The number of primary amides is 1. The molecule has 146 valence electrons. The van der Waals surface area contributed by atoms with Gasteiger partial charge in [-0.2, -0.15) is 13.2 Å². The van der Waals surface area contributed by atoms with E-state index < -0.39 is 11.7 Å². The minimum absolute atomic E-state index is 0.272. The molecule has 2 N–H and O–H groups in total. The highest BCUT2D eigenvalue weighted by Gasteiger charge is 2.31. The molecule has 1 unspecified atom stereocenters. The summed E-state index contributed by atoms with van der Waals surface area (Å²) < 4.78 is 40.5. The van der Waals surface area contributed by atoms with Crippen LogP contribution in [0.1, 0.15) is 18.4 Å². The first kappa shape index (κ1) is 18.2. The number of pyridine rings is 1. The van der Waals surface area contributed by atoms with E-state index in [1.165, 1.54) is 16.7 Å². The molecule has 3 aromatic rings. The van der Waals surface area contributed by atoms with E-state index in [9.17, 15) is 18.0 Å². The molecule has 1 atom stereocenters. The van der Waals surface area contributed by atoms with E-state index in [0.29, 0.717) is 36.1 Å². The number of fused-ring (bicyclic) bond motifs is 1. The first-order valence-corrected chi connectivity index (χ1v) is 8.75. The van der Waals surface area contributed by atoms with E-state index in [1.54, 1.807) is 12.3 Å². The Morgan fingerprint density at radius 3 is 2.79 bits per heavy atom. The zero-order valence-corrected chi connectivity index (χ0v) is 14.7. The molecular formula is C18H17F3N6O. The molecule has 0 radical (unpaired) electrons. The molecule has 0 bridgehead atoms. The number of anilines is 1. The third-order valence-corrected chi connectivity index (χ3v) is 4.84. The maximum atomic E-state index is 13.1. The Morgan fingerprint density at radius 1 is 1.21 bits per heavy atom. The Kier molecular flexibility index (Phi) is 4.40. The van der Waals surface area contributed by atoms with Crippen molar-refractivity contribution in [2.45, 2.75) is 19.0 Å². The molecule has 7 nitrogen and oxygen atoms in total. The van der Waals surface area contributed by atoms with Crippen molar-refractivity contribution in [1.82, 2.24) is 19.4 Å². The van der Waals surface area contributed by atoms with Crippen molar-refractivity contribution >= 4 is 17.5 Å². The van der Waals surface area contributed by atoms with E-state index in [1.807, 2.05) is 4.90 Å². The van der Waals surface area contributed by atoms with Crippen LogP contribution in [0.4, 0.5) is 19.1 Å². The highest BCUT2D eigenvalue weighted by Crippen LogP contribution is 2.31. The lowest BCUT2D eigenvalue weighted by Crippen LogP contribution is -2.41. The van der Waals surface area contributed by atoms with Gasteiger partial charge in [-0.05, 0) is 31.0 Å². The molecule has 4 rings (SSSR count). The quantitative estimate of drug-likeness (QED) is 0.742. The fourth-order valence-corrected chi connectivity index (χ4v) is 3.37. The van der Waals surface area contributed by atoms with E-state index in [2.05, 4.69) is 15.0 Å². The van der Waals surface area contributed by atoms with Crippen molar-refractivity contribution in [3.05, 3.63) is 42.4 Å². The lowest BCUT2D eigenvalue weighted by atomic mass is 9.98. The number of carbonyl (C=O) groups is 1. The second-order valence-electron chi connectivity index (χ2n) is 6.72. The number of hydrogen-bond donors (Lipinski definition) is 1. The summed E-state index contributed by atoms with van der Waals surface area (Å²) in [4.78, 5) is 26.3. The first-order valence-electron chi connectivity index (χ1n) is 8.75. The van der Waals surface area contributed by atoms with Crippen molar-refractivity contribution in [2.24, 2.45) is 11.7 Å². The van der Waals surface area contributed by atoms with Gasteiger partial charge in [-0.15, -0.1) is 0 Å². The third-order valence-electron chi connectivity index (χ3n) is 4.84. The molecule has 0 spiro atoms. The van der Waals surface area contributed by atoms with Gasteiger partial charge in [-0.1, -0.05) is 0 Å². The molecule has 0 aromatic carbocycles. The number of nitrogens with two attached hydrogens (primary N) is 1. The van der Waals surface area contributed by atoms with Crippen LogP contribution in [-0.4, -0.2) is 38.3 Å². The Balaban J connectivity index is 1.71. The van der Waals surface area contributed by atoms with Gasteiger partial charge in [0.1, 0.15) is 5.65 Å². The van der Waals surface area contributed by atoms with Gasteiger partial charge < -0.3 is 10.6 Å². The molecule has 28 heavy (non-hydrogen) atoms. The summed E-state index contributed by atoms with van der Waals surface area (Å²) in [6, 6.07) is 3.93. The Labute approximate surface area is 158 Å². The van der Waals surface area contributed by atoms with Gasteiger partial charge >= 0.3 is 6.18 Å². The summed E-state index contributed by atoms with van der Waals surface area (Å²) >= 11 is 0. The molecule has 1 aliphatic rings. The van der Waals surface area contributed by atoms with Crippen LogP contribution in [0.15, 0.2) is 36.8 Å². The molecule has 4 heterocycles. The third kappa shape index (κ3) is 3.37. The number of imidazole rings is 1. The molecule has 1 fully saturated rings. The van der Waals surface area contributed by atoms with Gasteiger partial charge in [0.2, 0.25) is 11.9 Å². The van der Waals surface area contributed by atoms with Crippen LogP contribution < -0.4 is 10.6 Å². The normalized spacial score (nSPS) is 17.8.